The molecule has 0 radical (unpaired) electrons. The molecule has 5 heteroatoms. The molecule has 0 spiro atoms. The average molecular weight is 284 g/mol. The lowest BCUT2D eigenvalue weighted by atomic mass is 10.2. The van der Waals surface area contributed by atoms with Gasteiger partial charge in [-0.05, 0) is 58.7 Å². The topological polar surface area (TPSA) is 43.8 Å². The van der Waals surface area contributed by atoms with E-state index in [0.717, 1.165) is 43.0 Å². The van der Waals surface area contributed by atoms with Gasteiger partial charge in [-0.1, -0.05) is 6.92 Å². The lowest BCUT2D eigenvalue weighted by Crippen LogP contribution is -2.27. The van der Waals surface area contributed by atoms with Gasteiger partial charge in [0.25, 0.3) is 0 Å². The minimum absolute atomic E-state index is 0.442. The van der Waals surface area contributed by atoms with Gasteiger partial charge < -0.3 is 10.0 Å². The van der Waals surface area contributed by atoms with Crippen LogP contribution in [0.3, 0.4) is 0 Å². The summed E-state index contributed by atoms with van der Waals surface area (Å²) < 4.78 is 0. The molecule has 1 aromatic rings. The van der Waals surface area contributed by atoms with Crippen LogP contribution in [0.25, 0.3) is 0 Å². The van der Waals surface area contributed by atoms with E-state index in [9.17, 15) is 4.79 Å². The van der Waals surface area contributed by atoms with E-state index in [4.69, 9.17) is 5.11 Å². The first kappa shape index (κ1) is 16.1. The average Bonchev–Trinajstić information content (AvgIpc) is 2.69. The molecule has 1 heterocycles. The second-order valence-corrected chi connectivity index (χ2v) is 6.28. The highest BCUT2D eigenvalue weighted by atomic mass is 32.1. The van der Waals surface area contributed by atoms with Crippen LogP contribution >= 0.6 is 11.3 Å². The number of thiophene rings is 1. The zero-order valence-electron chi connectivity index (χ0n) is 12.3. The zero-order valence-corrected chi connectivity index (χ0v) is 13.1. The minimum atomic E-state index is -0.824. The van der Waals surface area contributed by atoms with Gasteiger partial charge in [0.2, 0.25) is 0 Å². The van der Waals surface area contributed by atoms with Gasteiger partial charge in [0.15, 0.2) is 0 Å². The summed E-state index contributed by atoms with van der Waals surface area (Å²) in [4.78, 5) is 17.1. The number of nitrogens with zero attached hydrogens (tertiary/aromatic N) is 2. The van der Waals surface area contributed by atoms with Gasteiger partial charge in [-0.15, -0.1) is 11.3 Å². The lowest BCUT2D eigenvalue weighted by Gasteiger charge is -2.21. The second kappa shape index (κ2) is 7.62. The summed E-state index contributed by atoms with van der Waals surface area (Å²) in [5.74, 6) is -0.824. The van der Waals surface area contributed by atoms with Crippen molar-refractivity contribution < 1.29 is 9.90 Å². The molecule has 108 valence electrons. The molecule has 1 N–H and O–H groups in total. The number of hydrogen-bond acceptors (Lipinski definition) is 4. The Labute approximate surface area is 119 Å². The van der Waals surface area contributed by atoms with Crippen LogP contribution < -0.4 is 0 Å². The maximum absolute atomic E-state index is 11.0. The molecule has 0 aliphatic heterocycles. The maximum Gasteiger partial charge on any atom is 0.345 e. The van der Waals surface area contributed by atoms with Gasteiger partial charge in [0.05, 0.1) is 0 Å². The number of carboxylic acids is 1. The summed E-state index contributed by atoms with van der Waals surface area (Å²) >= 11 is 1.37. The molecule has 0 bridgehead atoms. The van der Waals surface area contributed by atoms with E-state index in [2.05, 4.69) is 30.8 Å². The smallest absolute Gasteiger partial charge is 0.345 e. The fourth-order valence-corrected chi connectivity index (χ4v) is 2.86. The van der Waals surface area contributed by atoms with Gasteiger partial charge in [-0.25, -0.2) is 4.79 Å². The summed E-state index contributed by atoms with van der Waals surface area (Å²) in [5.41, 5.74) is 1.15. The summed E-state index contributed by atoms with van der Waals surface area (Å²) in [5, 5.41) is 9.01. The fraction of sp³-hybridized carbons (Fsp3) is 0.643. The Kier molecular flexibility index (Phi) is 6.48. The van der Waals surface area contributed by atoms with Crippen molar-refractivity contribution >= 4 is 17.3 Å². The lowest BCUT2D eigenvalue weighted by molar-refractivity contribution is 0.0702. The summed E-state index contributed by atoms with van der Waals surface area (Å²) in [6.45, 7) is 8.12. The van der Waals surface area contributed by atoms with Crippen molar-refractivity contribution in [1.82, 2.24) is 9.80 Å². The van der Waals surface area contributed by atoms with Crippen LogP contribution in [0.1, 0.15) is 33.5 Å². The summed E-state index contributed by atoms with van der Waals surface area (Å²) in [6.07, 6.45) is 1.13. The molecule has 0 saturated heterocycles. The molecule has 4 nitrogen and oxygen atoms in total. The first-order chi connectivity index (χ1) is 8.93. The SMILES string of the molecule is CCN(CCCN(C)C)Cc1cc(C(=O)O)sc1C. The Morgan fingerprint density at radius 2 is 2.05 bits per heavy atom. The minimum Gasteiger partial charge on any atom is -0.477 e. The Morgan fingerprint density at radius 1 is 1.37 bits per heavy atom. The quantitative estimate of drug-likeness (QED) is 0.796. The summed E-state index contributed by atoms with van der Waals surface area (Å²) in [6, 6.07) is 1.82. The Morgan fingerprint density at radius 3 is 2.53 bits per heavy atom. The van der Waals surface area contributed by atoms with Crippen molar-refractivity contribution in [3.05, 3.63) is 21.4 Å². The number of carboxylic acid groups (broad SMARTS) is 1. The summed E-state index contributed by atoms with van der Waals surface area (Å²) in [7, 11) is 4.16. The number of aromatic carboxylic acids is 1. The van der Waals surface area contributed by atoms with Crippen LogP contribution in [-0.2, 0) is 6.54 Å². The van der Waals surface area contributed by atoms with Gasteiger partial charge in [-0.3, -0.25) is 4.90 Å². The number of carbonyl (C=O) groups is 1. The molecule has 0 saturated carbocycles. The number of rotatable bonds is 8. The highest BCUT2D eigenvalue weighted by Gasteiger charge is 2.13. The third-order valence-corrected chi connectivity index (χ3v) is 4.23. The molecule has 0 aliphatic rings. The molecule has 0 aliphatic carbocycles. The molecule has 0 atom stereocenters. The van der Waals surface area contributed by atoms with E-state index >= 15 is 0 Å². The highest BCUT2D eigenvalue weighted by Crippen LogP contribution is 2.23. The molecule has 0 unspecified atom stereocenters. The molecule has 19 heavy (non-hydrogen) atoms. The van der Waals surface area contributed by atoms with Gasteiger partial charge in [0, 0.05) is 11.4 Å². The highest BCUT2D eigenvalue weighted by molar-refractivity contribution is 7.14. The molecule has 1 rings (SSSR count). The largest absolute Gasteiger partial charge is 0.477 e. The van der Waals surface area contributed by atoms with Crippen LogP contribution in [0.4, 0.5) is 0 Å². The van der Waals surface area contributed by atoms with Crippen molar-refractivity contribution in [1.29, 1.82) is 0 Å². The first-order valence-electron chi connectivity index (χ1n) is 6.63. The fourth-order valence-electron chi connectivity index (χ4n) is 1.98. The molecule has 1 aromatic heterocycles. The molecule has 0 amide bonds. The van der Waals surface area contributed by atoms with Crippen LogP contribution in [0.15, 0.2) is 6.07 Å². The monoisotopic (exact) mass is 284 g/mol. The normalized spacial score (nSPS) is 11.5. The van der Waals surface area contributed by atoms with E-state index in [1.807, 2.05) is 13.0 Å². The Balaban J connectivity index is 2.57. The van der Waals surface area contributed by atoms with Gasteiger partial charge in [-0.2, -0.15) is 0 Å². The zero-order chi connectivity index (χ0) is 14.4. The number of hydrogen-bond donors (Lipinski definition) is 1. The molecule has 0 fully saturated rings. The molecule has 0 aromatic carbocycles. The van der Waals surface area contributed by atoms with Crippen molar-refractivity contribution in [3.8, 4) is 0 Å². The predicted molar refractivity (Wildman–Crippen MR) is 80.1 cm³/mol. The van der Waals surface area contributed by atoms with Crippen LogP contribution in [0, 0.1) is 6.92 Å². The van der Waals surface area contributed by atoms with E-state index in [-0.39, 0.29) is 0 Å². The van der Waals surface area contributed by atoms with E-state index in [0.29, 0.717) is 4.88 Å². The molecular weight excluding hydrogens is 260 g/mol. The third kappa shape index (κ3) is 5.30. The van der Waals surface area contributed by atoms with Crippen molar-refractivity contribution in [2.45, 2.75) is 26.8 Å². The van der Waals surface area contributed by atoms with Gasteiger partial charge in [0.1, 0.15) is 4.88 Å². The standard InChI is InChI=1S/C14H24N2O2S/c1-5-16(8-6-7-15(3)4)10-12-9-13(14(17)18)19-11(12)2/h9H,5-8,10H2,1-4H3,(H,17,18). The third-order valence-electron chi connectivity index (χ3n) is 3.15. The van der Waals surface area contributed by atoms with Crippen molar-refractivity contribution in [3.63, 3.8) is 0 Å². The van der Waals surface area contributed by atoms with E-state index in [1.54, 1.807) is 0 Å². The van der Waals surface area contributed by atoms with Crippen LogP contribution in [-0.4, -0.2) is 54.6 Å². The van der Waals surface area contributed by atoms with E-state index in [1.165, 1.54) is 11.3 Å². The van der Waals surface area contributed by atoms with E-state index < -0.39 is 5.97 Å². The van der Waals surface area contributed by atoms with Crippen LogP contribution in [0.2, 0.25) is 0 Å². The Bertz CT molecular complexity index is 416. The van der Waals surface area contributed by atoms with Gasteiger partial charge >= 0.3 is 5.97 Å². The second-order valence-electron chi connectivity index (χ2n) is 5.02. The predicted octanol–water partition coefficient (Wildman–Crippen LogP) is 2.53. The van der Waals surface area contributed by atoms with Crippen LogP contribution in [0.5, 0.6) is 0 Å². The Hall–Kier alpha value is -0.910. The van der Waals surface area contributed by atoms with Crippen molar-refractivity contribution in [2.24, 2.45) is 0 Å². The number of aryl methyl sites for hydroxylation is 1. The maximum atomic E-state index is 11.0. The van der Waals surface area contributed by atoms with Crippen molar-refractivity contribution in [2.75, 3.05) is 33.7 Å². The first-order valence-corrected chi connectivity index (χ1v) is 7.45. The molecular formula is C14H24N2O2S.